The van der Waals surface area contributed by atoms with Gasteiger partial charge in [-0.15, -0.1) is 0 Å². The molecular formula is C18H19BrCl2N8O. The molecule has 0 radical (unpaired) electrons. The average molecular weight is 514 g/mol. The number of rotatable bonds is 6. The third-order valence-corrected chi connectivity index (χ3v) is 5.55. The number of fused-ring (bicyclic) bond motifs is 2. The lowest BCUT2D eigenvalue weighted by molar-refractivity contribution is 0.0883. The summed E-state index contributed by atoms with van der Waals surface area (Å²) in [5.41, 5.74) is 1.22. The van der Waals surface area contributed by atoms with Crippen LogP contribution in [0.4, 0.5) is 11.9 Å². The van der Waals surface area contributed by atoms with Crippen LogP contribution < -0.4 is 10.2 Å². The lowest BCUT2D eigenvalue weighted by atomic mass is 10.1. The van der Waals surface area contributed by atoms with Gasteiger partial charge in [-0.1, -0.05) is 23.2 Å². The monoisotopic (exact) mass is 512 g/mol. The second-order valence-electron chi connectivity index (χ2n) is 7.56. The number of H-pyrrole nitrogens is 1. The fraction of sp³-hybridized carbons (Fsp3) is 0.333. The number of nitrogens with zero attached hydrogens (tertiary/aromatic N) is 6. The van der Waals surface area contributed by atoms with Gasteiger partial charge in [0.25, 0.3) is 0 Å². The molecule has 1 aromatic carbocycles. The minimum atomic E-state index is -0.897. The number of aromatic nitrogens is 6. The smallest absolute Gasteiger partial charge is 0.230 e. The lowest BCUT2D eigenvalue weighted by Gasteiger charge is -2.25. The summed E-state index contributed by atoms with van der Waals surface area (Å²) >= 11 is 15.6. The van der Waals surface area contributed by atoms with Crippen molar-refractivity contribution in [3.63, 3.8) is 0 Å². The van der Waals surface area contributed by atoms with E-state index in [1.165, 1.54) is 0 Å². The summed E-state index contributed by atoms with van der Waals surface area (Å²) < 4.78 is 2.33. The first-order chi connectivity index (χ1) is 14.1. The Hall–Kier alpha value is -2.14. The van der Waals surface area contributed by atoms with E-state index in [0.717, 1.165) is 15.5 Å². The maximum atomic E-state index is 10.1. The Bertz CT molecular complexity index is 1190. The zero-order chi connectivity index (χ0) is 21.6. The van der Waals surface area contributed by atoms with Crippen molar-refractivity contribution >= 4 is 67.7 Å². The molecule has 3 N–H and O–H groups in total. The molecule has 0 amide bonds. The first-order valence-electron chi connectivity index (χ1n) is 9.03. The molecule has 0 atom stereocenters. The van der Waals surface area contributed by atoms with Gasteiger partial charge in [0, 0.05) is 13.6 Å². The first kappa shape index (κ1) is 21.1. The largest absolute Gasteiger partial charge is 0.389 e. The molecule has 30 heavy (non-hydrogen) atoms. The number of aliphatic hydroxyl groups is 1. The summed E-state index contributed by atoms with van der Waals surface area (Å²) in [7, 11) is 1.82. The van der Waals surface area contributed by atoms with Crippen LogP contribution in [0.5, 0.6) is 0 Å². The van der Waals surface area contributed by atoms with Crippen LogP contribution in [0.15, 0.2) is 22.8 Å². The van der Waals surface area contributed by atoms with Crippen molar-refractivity contribution < 1.29 is 5.11 Å². The quantitative estimate of drug-likeness (QED) is 0.359. The molecule has 158 valence electrons. The molecule has 0 aliphatic heterocycles. The van der Waals surface area contributed by atoms with E-state index in [9.17, 15) is 5.11 Å². The highest BCUT2D eigenvalue weighted by Crippen LogP contribution is 2.27. The summed E-state index contributed by atoms with van der Waals surface area (Å²) in [6, 6.07) is 3.46. The molecular weight excluding hydrogens is 495 g/mol. The number of anilines is 2. The zero-order valence-corrected chi connectivity index (χ0v) is 19.5. The number of benzene rings is 1. The second kappa shape index (κ2) is 7.84. The van der Waals surface area contributed by atoms with Crippen LogP contribution in [0.2, 0.25) is 10.0 Å². The summed E-state index contributed by atoms with van der Waals surface area (Å²) in [5, 5.41) is 18.6. The molecule has 0 aliphatic rings. The highest BCUT2D eigenvalue weighted by Gasteiger charge is 2.20. The SMILES string of the molecule is CN(CC(C)(C)O)c1nc(NCc2nc3cc(Cl)c(Cl)cc3[nH]2)n2ncc(Br)c2n1. The van der Waals surface area contributed by atoms with Crippen LogP contribution in [0, 0.1) is 0 Å². The van der Waals surface area contributed by atoms with E-state index in [2.05, 4.69) is 46.3 Å². The summed E-state index contributed by atoms with van der Waals surface area (Å²) in [6.45, 7) is 4.19. The average Bonchev–Trinajstić information content (AvgIpc) is 3.22. The third-order valence-electron chi connectivity index (χ3n) is 4.27. The van der Waals surface area contributed by atoms with Crippen LogP contribution in [0.1, 0.15) is 19.7 Å². The van der Waals surface area contributed by atoms with Crippen molar-refractivity contribution in [2.45, 2.75) is 26.0 Å². The van der Waals surface area contributed by atoms with Gasteiger partial charge in [0.1, 0.15) is 5.82 Å². The van der Waals surface area contributed by atoms with Crippen molar-refractivity contribution in [2.75, 3.05) is 23.8 Å². The summed E-state index contributed by atoms with van der Waals surface area (Å²) in [6.07, 6.45) is 1.65. The Kier molecular flexibility index (Phi) is 5.52. The Morgan fingerprint density at radius 2 is 1.97 bits per heavy atom. The first-order valence-corrected chi connectivity index (χ1v) is 10.6. The molecule has 0 bridgehead atoms. The van der Waals surface area contributed by atoms with E-state index in [1.807, 2.05) is 7.05 Å². The van der Waals surface area contributed by atoms with Crippen molar-refractivity contribution in [3.05, 3.63) is 38.7 Å². The normalized spacial score (nSPS) is 12.1. The maximum absolute atomic E-state index is 10.1. The molecule has 12 heteroatoms. The van der Waals surface area contributed by atoms with Gasteiger partial charge >= 0.3 is 0 Å². The number of halogens is 3. The van der Waals surface area contributed by atoms with E-state index in [-0.39, 0.29) is 0 Å². The Morgan fingerprint density at radius 1 is 1.23 bits per heavy atom. The second-order valence-corrected chi connectivity index (χ2v) is 9.23. The molecule has 3 heterocycles. The third kappa shape index (κ3) is 4.31. The highest BCUT2D eigenvalue weighted by molar-refractivity contribution is 9.10. The molecule has 0 fully saturated rings. The maximum Gasteiger partial charge on any atom is 0.230 e. The van der Waals surface area contributed by atoms with Gasteiger partial charge in [0.05, 0.1) is 43.9 Å². The van der Waals surface area contributed by atoms with Crippen molar-refractivity contribution in [1.29, 1.82) is 0 Å². The summed E-state index contributed by atoms with van der Waals surface area (Å²) in [4.78, 5) is 18.7. The lowest BCUT2D eigenvalue weighted by Crippen LogP contribution is -2.37. The fourth-order valence-electron chi connectivity index (χ4n) is 3.08. The van der Waals surface area contributed by atoms with Gasteiger partial charge in [-0.3, -0.25) is 0 Å². The Labute approximate surface area is 190 Å². The van der Waals surface area contributed by atoms with Gasteiger partial charge in [-0.2, -0.15) is 19.6 Å². The molecule has 0 spiro atoms. The number of aromatic amines is 1. The molecule has 0 unspecified atom stereocenters. The number of hydrogen-bond donors (Lipinski definition) is 3. The molecule has 4 aromatic rings. The van der Waals surface area contributed by atoms with Crippen molar-refractivity contribution in [2.24, 2.45) is 0 Å². The van der Waals surface area contributed by atoms with Crippen LogP contribution in [0.3, 0.4) is 0 Å². The predicted molar refractivity (Wildman–Crippen MR) is 121 cm³/mol. The van der Waals surface area contributed by atoms with Crippen LogP contribution in [-0.2, 0) is 6.54 Å². The Balaban J connectivity index is 1.64. The summed E-state index contributed by atoms with van der Waals surface area (Å²) in [5.74, 6) is 1.63. The fourth-order valence-corrected chi connectivity index (χ4v) is 3.75. The molecule has 3 aromatic heterocycles. The highest BCUT2D eigenvalue weighted by atomic mass is 79.9. The predicted octanol–water partition coefficient (Wildman–Crippen LogP) is 3.89. The molecule has 0 saturated carbocycles. The van der Waals surface area contributed by atoms with E-state index in [4.69, 9.17) is 23.2 Å². The number of likely N-dealkylation sites (N-methyl/N-ethyl adjacent to an activating group) is 1. The molecule has 4 rings (SSSR count). The van der Waals surface area contributed by atoms with E-state index < -0.39 is 5.60 Å². The standard InChI is InChI=1S/C18H19BrCl2N8O/c1-18(2,30)8-28(3)17-26-15-9(19)6-23-29(15)16(27-17)22-7-14-24-12-4-10(20)11(21)5-13(12)25-14/h4-6,30H,7-8H2,1-3H3,(H,24,25)(H,22,26,27). The number of imidazole rings is 1. The zero-order valence-electron chi connectivity index (χ0n) is 16.4. The van der Waals surface area contributed by atoms with Crippen molar-refractivity contribution in [3.8, 4) is 0 Å². The van der Waals surface area contributed by atoms with Gasteiger partial charge in [-0.25, -0.2) is 4.98 Å². The van der Waals surface area contributed by atoms with Gasteiger partial charge in [0.15, 0.2) is 5.65 Å². The number of hydrogen-bond acceptors (Lipinski definition) is 7. The Morgan fingerprint density at radius 3 is 2.70 bits per heavy atom. The topological polar surface area (TPSA) is 107 Å². The van der Waals surface area contributed by atoms with E-state index in [1.54, 1.807) is 41.6 Å². The van der Waals surface area contributed by atoms with Crippen LogP contribution in [0.25, 0.3) is 16.7 Å². The number of nitrogens with one attached hydrogen (secondary N) is 2. The minimum Gasteiger partial charge on any atom is -0.389 e. The van der Waals surface area contributed by atoms with Crippen LogP contribution in [-0.4, -0.2) is 53.9 Å². The molecule has 0 saturated heterocycles. The van der Waals surface area contributed by atoms with Gasteiger partial charge < -0.3 is 20.3 Å². The van der Waals surface area contributed by atoms with Gasteiger partial charge in [-0.05, 0) is 41.9 Å². The minimum absolute atomic E-state index is 0.361. The van der Waals surface area contributed by atoms with E-state index in [0.29, 0.717) is 46.5 Å². The van der Waals surface area contributed by atoms with Crippen molar-refractivity contribution in [1.82, 2.24) is 29.5 Å². The van der Waals surface area contributed by atoms with Gasteiger partial charge in [0.2, 0.25) is 11.9 Å². The van der Waals surface area contributed by atoms with Crippen LogP contribution >= 0.6 is 39.1 Å². The molecule has 0 aliphatic carbocycles. The van der Waals surface area contributed by atoms with E-state index >= 15 is 0 Å². The molecule has 9 nitrogen and oxygen atoms in total.